The molecule has 0 spiro atoms. The average Bonchev–Trinajstić information content (AvgIpc) is 2.45. The molecule has 0 saturated heterocycles. The lowest BCUT2D eigenvalue weighted by molar-refractivity contribution is 0.523. The van der Waals surface area contributed by atoms with E-state index in [-0.39, 0.29) is 0 Å². The molecule has 0 bridgehead atoms. The molecule has 0 unspecified atom stereocenters. The molecule has 0 saturated carbocycles. The van der Waals surface area contributed by atoms with Crippen molar-refractivity contribution in [2.45, 2.75) is 64.0 Å². The summed E-state index contributed by atoms with van der Waals surface area (Å²) in [5.74, 6) is 0. The second kappa shape index (κ2) is 13.5. The number of nitrogens with one attached hydrogen (secondary N) is 2. The highest BCUT2D eigenvalue weighted by Gasteiger charge is 2.32. The van der Waals surface area contributed by atoms with E-state index in [1.807, 2.05) is 0 Å². The minimum Gasteiger partial charge on any atom is -0.455 e. The van der Waals surface area contributed by atoms with Crippen LogP contribution >= 0.6 is 0 Å². The van der Waals surface area contributed by atoms with Gasteiger partial charge in [-0.05, 0) is 103 Å². The van der Waals surface area contributed by atoms with Crippen molar-refractivity contribution in [3.63, 3.8) is 0 Å². The van der Waals surface area contributed by atoms with Gasteiger partial charge in [-0.3, -0.25) is 0 Å². The first-order valence-electron chi connectivity index (χ1n) is 9.35. The van der Waals surface area contributed by atoms with E-state index in [2.05, 4.69) is 36.8 Å². The second-order valence-electron chi connectivity index (χ2n) is 7.61. The van der Waals surface area contributed by atoms with E-state index in [0.717, 1.165) is 52.1 Å². The van der Waals surface area contributed by atoms with Gasteiger partial charge in [0, 0.05) is 0 Å². The lowest BCUT2D eigenvalue weighted by Crippen LogP contribution is -2.44. The second-order valence-corrected chi connectivity index (χ2v) is 16.5. The van der Waals surface area contributed by atoms with Gasteiger partial charge in [-0.25, -0.2) is 0 Å². The molecule has 0 aliphatic heterocycles. The molecule has 0 aromatic carbocycles. The summed E-state index contributed by atoms with van der Waals surface area (Å²) in [6.45, 7) is 15.3. The Labute approximate surface area is 146 Å². The highest BCUT2D eigenvalue weighted by atomic mass is 28.4. The van der Waals surface area contributed by atoms with E-state index >= 15 is 0 Å². The maximum absolute atomic E-state index is 6.66. The van der Waals surface area contributed by atoms with E-state index in [9.17, 15) is 0 Å². The Bertz CT molecular complexity index is 253. The van der Waals surface area contributed by atoms with Gasteiger partial charge < -0.3 is 26.2 Å². The highest BCUT2D eigenvalue weighted by molar-refractivity contribution is 6.84. The van der Waals surface area contributed by atoms with Gasteiger partial charge in [0.2, 0.25) is 0 Å². The number of hydrogen-bond acceptors (Lipinski definition) is 5. The van der Waals surface area contributed by atoms with E-state index < -0.39 is 16.6 Å². The topological polar surface area (TPSA) is 85.3 Å². The summed E-state index contributed by atoms with van der Waals surface area (Å²) in [7, 11) is -3.06. The van der Waals surface area contributed by atoms with Crippen LogP contribution in [0.3, 0.4) is 0 Å². The summed E-state index contributed by atoms with van der Waals surface area (Å²) in [4.78, 5) is 0. The third-order valence-corrected chi connectivity index (χ3v) is 11.5. The molecule has 6 N–H and O–H groups in total. The number of rotatable bonds is 16. The fourth-order valence-corrected chi connectivity index (χ4v) is 11.7. The lowest BCUT2D eigenvalue weighted by atomic mass is 10.4. The van der Waals surface area contributed by atoms with Gasteiger partial charge in [0.05, 0.1) is 0 Å². The van der Waals surface area contributed by atoms with Crippen molar-refractivity contribution in [3.8, 4) is 0 Å². The van der Waals surface area contributed by atoms with Gasteiger partial charge >= 0.3 is 0 Å². The molecule has 0 amide bonds. The molecule has 23 heavy (non-hydrogen) atoms. The van der Waals surface area contributed by atoms with Gasteiger partial charge in [-0.2, -0.15) is 0 Å². The van der Waals surface area contributed by atoms with Crippen molar-refractivity contribution < 1.29 is 4.12 Å². The van der Waals surface area contributed by atoms with Crippen molar-refractivity contribution in [2.75, 3.05) is 39.3 Å². The molecule has 0 fully saturated rings. The van der Waals surface area contributed by atoms with Crippen LogP contribution in [-0.4, -0.2) is 55.9 Å². The molecule has 0 aromatic rings. The van der Waals surface area contributed by atoms with E-state index in [1.54, 1.807) is 0 Å². The smallest absolute Gasteiger partial charge is 0.173 e. The Hall–Kier alpha value is 0.234. The molecular formula is C16H42N4OSi2. The summed E-state index contributed by atoms with van der Waals surface area (Å²) in [6, 6.07) is 2.49. The Balaban J connectivity index is 3.82. The molecule has 0 heterocycles. The van der Waals surface area contributed by atoms with Crippen LogP contribution in [0.4, 0.5) is 0 Å². The minimum atomic E-state index is -1.53. The molecule has 0 aromatic heterocycles. The van der Waals surface area contributed by atoms with Crippen LogP contribution < -0.4 is 22.1 Å². The predicted molar refractivity (Wildman–Crippen MR) is 108 cm³/mol. The van der Waals surface area contributed by atoms with Crippen LogP contribution in [0, 0.1) is 0 Å². The van der Waals surface area contributed by atoms with Gasteiger partial charge in [0.25, 0.3) is 0 Å². The average molecular weight is 363 g/mol. The molecule has 7 heteroatoms. The highest BCUT2D eigenvalue weighted by Crippen LogP contribution is 2.23. The third-order valence-electron chi connectivity index (χ3n) is 3.93. The number of nitrogens with two attached hydrogens (primary N) is 2. The molecule has 0 aliphatic carbocycles. The Morgan fingerprint density at radius 1 is 0.652 bits per heavy atom. The fraction of sp³-hybridized carbons (Fsp3) is 1.00. The van der Waals surface area contributed by atoms with Crippen molar-refractivity contribution >= 4 is 16.6 Å². The van der Waals surface area contributed by atoms with Crippen molar-refractivity contribution in [2.24, 2.45) is 11.5 Å². The Kier molecular flexibility index (Phi) is 13.7. The molecule has 5 nitrogen and oxygen atoms in total. The molecular weight excluding hydrogens is 320 g/mol. The summed E-state index contributed by atoms with van der Waals surface area (Å²) in [5, 5.41) is 6.92. The number of hydrogen-bond donors (Lipinski definition) is 4. The third kappa shape index (κ3) is 15.5. The van der Waals surface area contributed by atoms with E-state index in [4.69, 9.17) is 15.6 Å². The predicted octanol–water partition coefficient (Wildman–Crippen LogP) is 2.07. The van der Waals surface area contributed by atoms with E-state index in [1.165, 1.54) is 24.9 Å². The van der Waals surface area contributed by atoms with Crippen LogP contribution in [0.15, 0.2) is 0 Å². The largest absolute Gasteiger partial charge is 0.455 e. The molecule has 0 atom stereocenters. The fourth-order valence-electron chi connectivity index (χ4n) is 2.83. The first kappa shape index (κ1) is 23.2. The minimum absolute atomic E-state index is 0.775. The van der Waals surface area contributed by atoms with Crippen LogP contribution in [0.2, 0.25) is 38.3 Å². The van der Waals surface area contributed by atoms with E-state index in [0.29, 0.717) is 0 Å². The normalized spacial score (nSPS) is 12.8. The molecule has 140 valence electrons. The van der Waals surface area contributed by atoms with Gasteiger partial charge in [-0.1, -0.05) is 0 Å². The first-order valence-corrected chi connectivity index (χ1v) is 15.6. The summed E-state index contributed by atoms with van der Waals surface area (Å²) in [5.41, 5.74) is 11.0. The standard InChI is InChI=1S/C16H42N4OSi2/c1-22(2,15-7-13-19-11-5-9-17)21-23(3,4)16-8-14-20-12-6-10-18/h19-20H,5-18H2,1-4H3. The monoisotopic (exact) mass is 362 g/mol. The Morgan fingerprint density at radius 2 is 1.00 bits per heavy atom. The summed E-state index contributed by atoms with van der Waals surface area (Å²) >= 11 is 0. The zero-order valence-corrected chi connectivity index (χ0v) is 18.0. The Morgan fingerprint density at radius 3 is 1.35 bits per heavy atom. The van der Waals surface area contributed by atoms with Crippen LogP contribution in [-0.2, 0) is 4.12 Å². The molecule has 0 rings (SSSR count). The van der Waals surface area contributed by atoms with Gasteiger partial charge in [-0.15, -0.1) is 0 Å². The zero-order chi connectivity index (χ0) is 17.6. The van der Waals surface area contributed by atoms with Crippen LogP contribution in [0.5, 0.6) is 0 Å². The van der Waals surface area contributed by atoms with Gasteiger partial charge in [0.15, 0.2) is 16.6 Å². The van der Waals surface area contributed by atoms with Crippen molar-refractivity contribution in [1.82, 2.24) is 10.6 Å². The van der Waals surface area contributed by atoms with Crippen molar-refractivity contribution in [1.29, 1.82) is 0 Å². The first-order chi connectivity index (χ1) is 10.8. The maximum Gasteiger partial charge on any atom is 0.173 e. The summed E-state index contributed by atoms with van der Waals surface area (Å²) in [6.07, 6.45) is 4.57. The molecule has 0 aliphatic rings. The lowest BCUT2D eigenvalue weighted by Gasteiger charge is -2.34. The quantitative estimate of drug-likeness (QED) is 0.249. The summed E-state index contributed by atoms with van der Waals surface area (Å²) < 4.78 is 6.66. The van der Waals surface area contributed by atoms with Gasteiger partial charge in [0.1, 0.15) is 0 Å². The SMILES string of the molecule is C[Si](C)(CCCNCCCN)O[Si](C)(C)CCCNCCCN. The van der Waals surface area contributed by atoms with Crippen LogP contribution in [0.25, 0.3) is 0 Å². The molecule has 0 radical (unpaired) electrons. The van der Waals surface area contributed by atoms with Crippen LogP contribution in [0.1, 0.15) is 25.7 Å². The zero-order valence-electron chi connectivity index (χ0n) is 16.0. The maximum atomic E-state index is 6.66. The van der Waals surface area contributed by atoms with Crippen molar-refractivity contribution in [3.05, 3.63) is 0 Å².